The van der Waals surface area contributed by atoms with Gasteiger partial charge >= 0.3 is 0 Å². The van der Waals surface area contributed by atoms with Crippen LogP contribution in [0.3, 0.4) is 0 Å². The molecule has 0 saturated carbocycles. The molecular formula is C22H22BrNO. The lowest BCUT2D eigenvalue weighted by Gasteiger charge is -2.14. The quantitative estimate of drug-likeness (QED) is 0.531. The predicted octanol–water partition coefficient (Wildman–Crippen LogP) is 6.26. The van der Waals surface area contributed by atoms with E-state index in [2.05, 4.69) is 89.7 Å². The van der Waals surface area contributed by atoms with E-state index in [0.29, 0.717) is 13.2 Å². The number of aryl methyl sites for hydroxylation is 2. The number of halogens is 1. The molecule has 0 saturated heterocycles. The van der Waals surface area contributed by atoms with Crippen LogP contribution in [-0.2, 0) is 13.2 Å². The Bertz CT molecular complexity index is 843. The van der Waals surface area contributed by atoms with E-state index in [1.54, 1.807) is 0 Å². The number of ether oxygens (including phenoxy) is 1. The van der Waals surface area contributed by atoms with Gasteiger partial charge in [0.25, 0.3) is 0 Å². The number of benzene rings is 3. The molecule has 3 aromatic carbocycles. The maximum atomic E-state index is 6.07. The third-order valence-corrected chi connectivity index (χ3v) is 4.53. The maximum absolute atomic E-state index is 6.07. The molecule has 128 valence electrons. The van der Waals surface area contributed by atoms with Crippen molar-refractivity contribution < 1.29 is 4.74 Å². The zero-order chi connectivity index (χ0) is 17.6. The normalized spacial score (nSPS) is 10.5. The van der Waals surface area contributed by atoms with E-state index < -0.39 is 0 Å². The van der Waals surface area contributed by atoms with Crippen LogP contribution in [0.1, 0.15) is 22.3 Å². The lowest BCUT2D eigenvalue weighted by atomic mass is 10.1. The van der Waals surface area contributed by atoms with Crippen molar-refractivity contribution in [3.63, 3.8) is 0 Å². The third-order valence-electron chi connectivity index (χ3n) is 4.04. The summed E-state index contributed by atoms with van der Waals surface area (Å²) in [6.45, 7) is 5.47. The molecule has 25 heavy (non-hydrogen) atoms. The van der Waals surface area contributed by atoms with E-state index in [1.807, 2.05) is 12.1 Å². The Morgan fingerprint density at radius 1 is 0.880 bits per heavy atom. The first-order valence-corrected chi connectivity index (χ1v) is 9.17. The van der Waals surface area contributed by atoms with Crippen molar-refractivity contribution in [1.82, 2.24) is 0 Å². The highest BCUT2D eigenvalue weighted by atomic mass is 79.9. The molecule has 1 N–H and O–H groups in total. The Kier molecular flexibility index (Phi) is 5.77. The highest BCUT2D eigenvalue weighted by Gasteiger charge is 2.06. The highest BCUT2D eigenvalue weighted by Crippen LogP contribution is 2.25. The van der Waals surface area contributed by atoms with Crippen LogP contribution in [0.5, 0.6) is 5.75 Å². The van der Waals surface area contributed by atoms with Crippen LogP contribution in [0.25, 0.3) is 0 Å². The van der Waals surface area contributed by atoms with Crippen molar-refractivity contribution in [1.29, 1.82) is 0 Å². The van der Waals surface area contributed by atoms with E-state index >= 15 is 0 Å². The summed E-state index contributed by atoms with van der Waals surface area (Å²) in [6.07, 6.45) is 0. The molecule has 0 heterocycles. The van der Waals surface area contributed by atoms with E-state index in [4.69, 9.17) is 4.74 Å². The molecule has 0 aliphatic heterocycles. The topological polar surface area (TPSA) is 21.3 Å². The molecule has 0 atom stereocenters. The average molecular weight is 396 g/mol. The molecule has 0 aromatic heterocycles. The third kappa shape index (κ3) is 5.10. The summed E-state index contributed by atoms with van der Waals surface area (Å²) in [5.74, 6) is 0.906. The first-order valence-electron chi connectivity index (χ1n) is 8.37. The summed E-state index contributed by atoms with van der Waals surface area (Å²) in [6, 6.07) is 23.0. The van der Waals surface area contributed by atoms with Crippen molar-refractivity contribution in [3.8, 4) is 5.75 Å². The van der Waals surface area contributed by atoms with Crippen LogP contribution < -0.4 is 10.1 Å². The molecule has 0 aliphatic carbocycles. The fourth-order valence-corrected chi connectivity index (χ4v) is 3.03. The molecule has 0 unspecified atom stereocenters. The lowest BCUT2D eigenvalue weighted by molar-refractivity contribution is 0.303. The molecule has 0 bridgehead atoms. The molecular weight excluding hydrogens is 374 g/mol. The molecule has 3 aromatic rings. The van der Waals surface area contributed by atoms with E-state index in [1.165, 1.54) is 16.7 Å². The van der Waals surface area contributed by atoms with Crippen LogP contribution in [0.4, 0.5) is 5.69 Å². The molecule has 0 amide bonds. The number of hydrogen-bond acceptors (Lipinski definition) is 2. The molecule has 0 spiro atoms. The summed E-state index contributed by atoms with van der Waals surface area (Å²) >= 11 is 3.55. The Balaban J connectivity index is 1.70. The van der Waals surface area contributed by atoms with Crippen molar-refractivity contribution in [2.75, 3.05) is 5.32 Å². The zero-order valence-electron chi connectivity index (χ0n) is 14.6. The predicted molar refractivity (Wildman–Crippen MR) is 108 cm³/mol. The minimum Gasteiger partial charge on any atom is -0.489 e. The van der Waals surface area contributed by atoms with Crippen LogP contribution in [-0.4, -0.2) is 0 Å². The van der Waals surface area contributed by atoms with Gasteiger partial charge in [0, 0.05) is 22.3 Å². The van der Waals surface area contributed by atoms with Gasteiger partial charge in [0.1, 0.15) is 12.4 Å². The fraction of sp³-hybridized carbons (Fsp3) is 0.182. The largest absolute Gasteiger partial charge is 0.489 e. The smallest absolute Gasteiger partial charge is 0.124 e. The van der Waals surface area contributed by atoms with Crippen molar-refractivity contribution in [2.24, 2.45) is 0 Å². The molecule has 3 rings (SSSR count). The van der Waals surface area contributed by atoms with E-state index in [0.717, 1.165) is 21.5 Å². The Labute approximate surface area is 158 Å². The molecule has 0 radical (unpaired) electrons. The van der Waals surface area contributed by atoms with Gasteiger partial charge in [-0.3, -0.25) is 0 Å². The number of rotatable bonds is 6. The molecule has 0 aliphatic rings. The molecule has 3 heteroatoms. The molecule has 2 nitrogen and oxygen atoms in total. The Morgan fingerprint density at radius 2 is 1.68 bits per heavy atom. The minimum atomic E-state index is 0.569. The van der Waals surface area contributed by atoms with Crippen LogP contribution in [0.15, 0.2) is 71.2 Å². The summed E-state index contributed by atoms with van der Waals surface area (Å²) < 4.78 is 7.12. The Hall–Kier alpha value is -2.26. The first kappa shape index (κ1) is 17.6. The summed E-state index contributed by atoms with van der Waals surface area (Å²) in [7, 11) is 0. The second-order valence-electron chi connectivity index (χ2n) is 6.25. The van der Waals surface area contributed by atoms with Gasteiger partial charge in [0.15, 0.2) is 0 Å². The number of hydrogen-bond donors (Lipinski definition) is 1. The summed E-state index contributed by atoms with van der Waals surface area (Å²) in [5.41, 5.74) is 5.92. The monoisotopic (exact) mass is 395 g/mol. The van der Waals surface area contributed by atoms with Gasteiger partial charge in [-0.2, -0.15) is 0 Å². The van der Waals surface area contributed by atoms with Crippen molar-refractivity contribution in [3.05, 3.63) is 93.5 Å². The van der Waals surface area contributed by atoms with Crippen LogP contribution in [0.2, 0.25) is 0 Å². The first-order chi connectivity index (χ1) is 12.1. The van der Waals surface area contributed by atoms with Gasteiger partial charge in [-0.25, -0.2) is 0 Å². The maximum Gasteiger partial charge on any atom is 0.124 e. The van der Waals surface area contributed by atoms with Crippen molar-refractivity contribution >= 4 is 21.6 Å². The van der Waals surface area contributed by atoms with Gasteiger partial charge < -0.3 is 10.1 Å². The van der Waals surface area contributed by atoms with Crippen LogP contribution in [0, 0.1) is 13.8 Å². The van der Waals surface area contributed by atoms with Crippen molar-refractivity contribution in [2.45, 2.75) is 27.0 Å². The van der Waals surface area contributed by atoms with Gasteiger partial charge in [0.2, 0.25) is 0 Å². The van der Waals surface area contributed by atoms with Gasteiger partial charge in [-0.05, 0) is 55.3 Å². The van der Waals surface area contributed by atoms with E-state index in [9.17, 15) is 0 Å². The van der Waals surface area contributed by atoms with Gasteiger partial charge in [-0.1, -0.05) is 57.9 Å². The standard InChI is InChI=1S/C22H22BrNO/c1-16-6-8-18(9-7-16)15-25-22-11-10-20(23)13-19(22)14-24-21-5-3-4-17(2)12-21/h3-13,24H,14-15H2,1-2H3. The minimum absolute atomic E-state index is 0.569. The highest BCUT2D eigenvalue weighted by molar-refractivity contribution is 9.10. The second kappa shape index (κ2) is 8.21. The van der Waals surface area contributed by atoms with Crippen LogP contribution >= 0.6 is 15.9 Å². The SMILES string of the molecule is Cc1ccc(COc2ccc(Br)cc2CNc2cccc(C)c2)cc1. The number of nitrogens with one attached hydrogen (secondary N) is 1. The van der Waals surface area contributed by atoms with Gasteiger partial charge in [-0.15, -0.1) is 0 Å². The van der Waals surface area contributed by atoms with Gasteiger partial charge in [0.05, 0.1) is 0 Å². The Morgan fingerprint density at radius 3 is 2.44 bits per heavy atom. The zero-order valence-corrected chi connectivity index (χ0v) is 16.1. The average Bonchev–Trinajstić information content (AvgIpc) is 2.60. The summed E-state index contributed by atoms with van der Waals surface area (Å²) in [4.78, 5) is 0. The molecule has 0 fully saturated rings. The lowest BCUT2D eigenvalue weighted by Crippen LogP contribution is -2.04. The summed E-state index contributed by atoms with van der Waals surface area (Å²) in [5, 5.41) is 3.47. The number of anilines is 1. The van der Waals surface area contributed by atoms with E-state index in [-0.39, 0.29) is 0 Å². The fourth-order valence-electron chi connectivity index (χ4n) is 2.62. The second-order valence-corrected chi connectivity index (χ2v) is 7.17.